The minimum absolute atomic E-state index is 0.422. The van der Waals surface area contributed by atoms with Crippen LogP contribution in [0, 0.1) is 6.92 Å². The highest BCUT2D eigenvalue weighted by Gasteiger charge is 2.09. The molecule has 2 aromatic carbocycles. The Hall–Kier alpha value is -2.50. The summed E-state index contributed by atoms with van der Waals surface area (Å²) >= 11 is 12.0. The molecular formula is C18H17Cl2N5. The van der Waals surface area contributed by atoms with E-state index in [0.717, 1.165) is 5.56 Å². The molecule has 0 unspecified atom stereocenters. The topological polar surface area (TPSA) is 75.9 Å². The molecule has 7 heteroatoms. The van der Waals surface area contributed by atoms with Crippen molar-refractivity contribution in [2.75, 3.05) is 16.4 Å². The summed E-state index contributed by atoms with van der Waals surface area (Å²) in [5.74, 6) is 1.05. The molecule has 0 aliphatic heterocycles. The van der Waals surface area contributed by atoms with E-state index in [-0.39, 0.29) is 0 Å². The first-order valence-corrected chi connectivity index (χ1v) is 8.40. The fourth-order valence-corrected chi connectivity index (χ4v) is 2.82. The molecule has 0 saturated heterocycles. The van der Waals surface area contributed by atoms with Gasteiger partial charge in [0, 0.05) is 22.3 Å². The van der Waals surface area contributed by atoms with E-state index >= 15 is 0 Å². The van der Waals surface area contributed by atoms with Crippen molar-refractivity contribution in [1.29, 1.82) is 0 Å². The number of nitrogens with zero attached hydrogens (tertiary/aromatic N) is 2. The monoisotopic (exact) mass is 373 g/mol. The molecule has 0 fully saturated rings. The molecule has 0 amide bonds. The SMILES string of the molecule is Cc1ccc(CNc2ncnc(Nc3cc(Cl)cc(Cl)c3)c2N)cc1. The second kappa shape index (κ2) is 7.59. The third-order valence-electron chi connectivity index (χ3n) is 3.59. The van der Waals surface area contributed by atoms with Crippen LogP contribution in [0.5, 0.6) is 0 Å². The van der Waals surface area contributed by atoms with Gasteiger partial charge in [-0.2, -0.15) is 0 Å². The largest absolute Gasteiger partial charge is 0.393 e. The van der Waals surface area contributed by atoms with Gasteiger partial charge in [-0.05, 0) is 30.7 Å². The van der Waals surface area contributed by atoms with Gasteiger partial charge in [-0.3, -0.25) is 0 Å². The highest BCUT2D eigenvalue weighted by Crippen LogP contribution is 2.29. The van der Waals surface area contributed by atoms with Crippen molar-refractivity contribution in [1.82, 2.24) is 9.97 Å². The minimum Gasteiger partial charge on any atom is -0.393 e. The van der Waals surface area contributed by atoms with Gasteiger partial charge in [0.05, 0.1) is 0 Å². The van der Waals surface area contributed by atoms with Crippen LogP contribution in [0.1, 0.15) is 11.1 Å². The van der Waals surface area contributed by atoms with Gasteiger partial charge in [-0.1, -0.05) is 53.0 Å². The maximum atomic E-state index is 6.18. The van der Waals surface area contributed by atoms with Gasteiger partial charge < -0.3 is 16.4 Å². The summed E-state index contributed by atoms with van der Waals surface area (Å²) in [4.78, 5) is 8.40. The number of halogens is 2. The third-order valence-corrected chi connectivity index (χ3v) is 4.03. The molecule has 0 aliphatic rings. The van der Waals surface area contributed by atoms with Gasteiger partial charge in [0.15, 0.2) is 11.6 Å². The Bertz CT molecular complexity index is 861. The Balaban J connectivity index is 1.76. The number of hydrogen-bond acceptors (Lipinski definition) is 5. The van der Waals surface area contributed by atoms with E-state index in [0.29, 0.717) is 39.6 Å². The van der Waals surface area contributed by atoms with Crippen LogP contribution in [0.4, 0.5) is 23.0 Å². The van der Waals surface area contributed by atoms with E-state index in [1.807, 2.05) is 0 Å². The molecule has 5 nitrogen and oxygen atoms in total. The second-order valence-corrected chi connectivity index (χ2v) is 6.48. The molecule has 1 heterocycles. The molecule has 0 aliphatic carbocycles. The van der Waals surface area contributed by atoms with E-state index in [2.05, 4.69) is 51.8 Å². The predicted octanol–water partition coefficient (Wildman–Crippen LogP) is 5.03. The number of nitrogen functional groups attached to an aromatic ring is 1. The van der Waals surface area contributed by atoms with Gasteiger partial charge in [0.1, 0.15) is 12.0 Å². The summed E-state index contributed by atoms with van der Waals surface area (Å²) in [6, 6.07) is 13.4. The van der Waals surface area contributed by atoms with Crippen LogP contribution in [-0.2, 0) is 6.54 Å². The van der Waals surface area contributed by atoms with Crippen LogP contribution < -0.4 is 16.4 Å². The number of benzene rings is 2. The molecule has 25 heavy (non-hydrogen) atoms. The number of anilines is 4. The summed E-state index contributed by atoms with van der Waals surface area (Å²) in [5.41, 5.74) is 9.66. The average Bonchev–Trinajstić information content (AvgIpc) is 2.56. The van der Waals surface area contributed by atoms with Crippen molar-refractivity contribution >= 4 is 46.2 Å². The molecule has 128 valence electrons. The lowest BCUT2D eigenvalue weighted by molar-refractivity contribution is 1.08. The lowest BCUT2D eigenvalue weighted by Crippen LogP contribution is -2.08. The van der Waals surface area contributed by atoms with Crippen molar-refractivity contribution in [2.45, 2.75) is 13.5 Å². The Morgan fingerprint density at radius 1 is 0.960 bits per heavy atom. The predicted molar refractivity (Wildman–Crippen MR) is 105 cm³/mol. The number of nitrogens with two attached hydrogens (primary N) is 1. The summed E-state index contributed by atoms with van der Waals surface area (Å²) in [7, 11) is 0. The maximum Gasteiger partial charge on any atom is 0.159 e. The lowest BCUT2D eigenvalue weighted by atomic mass is 10.1. The summed E-state index contributed by atoms with van der Waals surface area (Å²) in [5, 5.41) is 7.40. The molecule has 3 aromatic rings. The number of hydrogen-bond donors (Lipinski definition) is 3. The number of aryl methyl sites for hydroxylation is 1. The quantitative estimate of drug-likeness (QED) is 0.584. The van der Waals surface area contributed by atoms with Crippen molar-refractivity contribution in [3.05, 3.63) is 70.0 Å². The smallest absolute Gasteiger partial charge is 0.159 e. The zero-order chi connectivity index (χ0) is 17.8. The fourth-order valence-electron chi connectivity index (χ4n) is 2.29. The van der Waals surface area contributed by atoms with Gasteiger partial charge in [0.25, 0.3) is 0 Å². The first kappa shape index (κ1) is 17.3. The highest BCUT2D eigenvalue weighted by atomic mass is 35.5. The molecule has 0 spiro atoms. The Morgan fingerprint density at radius 3 is 2.28 bits per heavy atom. The molecule has 1 aromatic heterocycles. The zero-order valence-corrected chi connectivity index (χ0v) is 15.1. The Kier molecular flexibility index (Phi) is 5.26. The summed E-state index contributed by atoms with van der Waals surface area (Å²) in [6.45, 7) is 2.67. The average molecular weight is 374 g/mol. The van der Waals surface area contributed by atoms with E-state index < -0.39 is 0 Å². The number of aromatic nitrogens is 2. The van der Waals surface area contributed by atoms with Crippen LogP contribution in [0.25, 0.3) is 0 Å². The van der Waals surface area contributed by atoms with Crippen LogP contribution in [0.2, 0.25) is 10.0 Å². The zero-order valence-electron chi connectivity index (χ0n) is 13.6. The molecule has 0 saturated carbocycles. The fraction of sp³-hybridized carbons (Fsp3) is 0.111. The van der Waals surface area contributed by atoms with Crippen molar-refractivity contribution in [3.8, 4) is 0 Å². The summed E-state index contributed by atoms with van der Waals surface area (Å²) < 4.78 is 0. The van der Waals surface area contributed by atoms with Gasteiger partial charge in [-0.25, -0.2) is 9.97 Å². The van der Waals surface area contributed by atoms with E-state index in [4.69, 9.17) is 28.9 Å². The van der Waals surface area contributed by atoms with Crippen LogP contribution in [-0.4, -0.2) is 9.97 Å². The van der Waals surface area contributed by atoms with Gasteiger partial charge >= 0.3 is 0 Å². The maximum absolute atomic E-state index is 6.18. The van der Waals surface area contributed by atoms with Crippen LogP contribution in [0.15, 0.2) is 48.8 Å². The van der Waals surface area contributed by atoms with Crippen molar-refractivity contribution in [2.24, 2.45) is 0 Å². The van der Waals surface area contributed by atoms with E-state index in [1.165, 1.54) is 11.9 Å². The first-order chi connectivity index (χ1) is 12.0. The first-order valence-electron chi connectivity index (χ1n) is 7.64. The second-order valence-electron chi connectivity index (χ2n) is 5.61. The number of rotatable bonds is 5. The van der Waals surface area contributed by atoms with Gasteiger partial charge in [-0.15, -0.1) is 0 Å². The molecule has 0 bridgehead atoms. The van der Waals surface area contributed by atoms with Crippen molar-refractivity contribution in [3.63, 3.8) is 0 Å². The van der Waals surface area contributed by atoms with E-state index in [1.54, 1.807) is 18.2 Å². The van der Waals surface area contributed by atoms with Gasteiger partial charge in [0.2, 0.25) is 0 Å². The Labute approximate surface area is 156 Å². The van der Waals surface area contributed by atoms with Crippen molar-refractivity contribution < 1.29 is 0 Å². The minimum atomic E-state index is 0.422. The molecule has 3 rings (SSSR count). The number of nitrogens with one attached hydrogen (secondary N) is 2. The molecule has 0 radical (unpaired) electrons. The Morgan fingerprint density at radius 2 is 1.60 bits per heavy atom. The van der Waals surface area contributed by atoms with E-state index in [9.17, 15) is 0 Å². The normalized spacial score (nSPS) is 10.5. The molecule has 0 atom stereocenters. The molecular weight excluding hydrogens is 357 g/mol. The van der Waals surface area contributed by atoms with Crippen LogP contribution >= 0.6 is 23.2 Å². The van der Waals surface area contributed by atoms with Crippen LogP contribution in [0.3, 0.4) is 0 Å². The standard InChI is InChI=1S/C18H17Cl2N5/c1-11-2-4-12(5-3-11)9-22-17-16(21)18(24-10-23-17)25-15-7-13(19)6-14(20)8-15/h2-8,10H,9,21H2,1H3,(H2,22,23,24,25). The summed E-state index contributed by atoms with van der Waals surface area (Å²) in [6.07, 6.45) is 1.45. The third kappa shape index (κ3) is 4.53. The lowest BCUT2D eigenvalue weighted by Gasteiger charge is -2.13. The highest BCUT2D eigenvalue weighted by molar-refractivity contribution is 6.35. The molecule has 4 N–H and O–H groups in total.